The number of carbonyl (C=O) groups excluding carboxylic acids is 1. The molecule has 8 heteroatoms. The van der Waals surface area contributed by atoms with Crippen LogP contribution in [0.4, 0.5) is 0 Å². The fourth-order valence-electron chi connectivity index (χ4n) is 4.41. The zero-order valence-corrected chi connectivity index (χ0v) is 19.8. The molecule has 7 nitrogen and oxygen atoms in total. The summed E-state index contributed by atoms with van der Waals surface area (Å²) >= 11 is 3.46. The minimum Gasteiger partial charge on any atom is -0.367 e. The van der Waals surface area contributed by atoms with Gasteiger partial charge in [0.05, 0.1) is 17.6 Å². The Bertz CT molecular complexity index is 1100. The average Bonchev–Trinajstić information content (AvgIpc) is 3.09. The number of carbonyl (C=O) groups is 1. The van der Waals surface area contributed by atoms with E-state index in [9.17, 15) is 9.59 Å². The van der Waals surface area contributed by atoms with E-state index in [0.29, 0.717) is 6.61 Å². The van der Waals surface area contributed by atoms with Crippen molar-refractivity contribution < 1.29 is 9.53 Å². The maximum absolute atomic E-state index is 12.5. The van der Waals surface area contributed by atoms with Crippen molar-refractivity contribution in [2.45, 2.75) is 38.5 Å². The second-order valence-corrected chi connectivity index (χ2v) is 9.36. The Kier molecular flexibility index (Phi) is 7.44. The van der Waals surface area contributed by atoms with Gasteiger partial charge < -0.3 is 19.9 Å². The highest BCUT2D eigenvalue weighted by molar-refractivity contribution is 9.10. The number of aromatic amines is 1. The molecule has 0 aliphatic carbocycles. The quantitative estimate of drug-likeness (QED) is 0.496. The number of piperidine rings is 1. The lowest BCUT2D eigenvalue weighted by Crippen LogP contribution is -2.46. The van der Waals surface area contributed by atoms with Crippen LogP contribution in [0, 0.1) is 0 Å². The average molecular weight is 501 g/mol. The molecule has 0 spiro atoms. The minimum absolute atomic E-state index is 0.0348. The molecule has 1 fully saturated rings. The van der Waals surface area contributed by atoms with Gasteiger partial charge in [0, 0.05) is 36.2 Å². The van der Waals surface area contributed by atoms with Crippen LogP contribution < -0.4 is 11.0 Å². The molecule has 0 saturated carbocycles. The Hall–Kier alpha value is -2.42. The Morgan fingerprint density at radius 3 is 2.72 bits per heavy atom. The van der Waals surface area contributed by atoms with Crippen molar-refractivity contribution in [2.24, 2.45) is 0 Å². The van der Waals surface area contributed by atoms with Gasteiger partial charge in [0.2, 0.25) is 5.91 Å². The lowest BCUT2D eigenvalue weighted by Gasteiger charge is -2.34. The first-order chi connectivity index (χ1) is 15.5. The Morgan fingerprint density at radius 2 is 1.97 bits per heavy atom. The van der Waals surface area contributed by atoms with Crippen molar-refractivity contribution in [2.75, 3.05) is 26.2 Å². The fraction of sp³-hybridized carbons (Fsp3) is 0.417. The molecular formula is C24H29BrN4O3. The van der Waals surface area contributed by atoms with Gasteiger partial charge in [0.1, 0.15) is 6.61 Å². The molecule has 4 rings (SSSR count). The summed E-state index contributed by atoms with van der Waals surface area (Å²) in [5, 5.41) is 3.02. The van der Waals surface area contributed by atoms with Crippen molar-refractivity contribution >= 4 is 32.9 Å². The lowest BCUT2D eigenvalue weighted by molar-refractivity contribution is -0.126. The van der Waals surface area contributed by atoms with E-state index in [1.807, 2.05) is 60.0 Å². The van der Waals surface area contributed by atoms with Crippen LogP contribution in [0.3, 0.4) is 0 Å². The highest BCUT2D eigenvalue weighted by Crippen LogP contribution is 2.26. The molecule has 2 N–H and O–H groups in total. The van der Waals surface area contributed by atoms with Crippen LogP contribution in [0.2, 0.25) is 0 Å². The van der Waals surface area contributed by atoms with Gasteiger partial charge in [0.25, 0.3) is 0 Å². The molecule has 2 heterocycles. The number of aromatic nitrogens is 2. The van der Waals surface area contributed by atoms with Crippen LogP contribution in [0.5, 0.6) is 0 Å². The Labute approximate surface area is 195 Å². The molecule has 0 unspecified atom stereocenters. The number of nitrogens with one attached hydrogen (secondary N) is 2. The first-order valence-corrected chi connectivity index (χ1v) is 11.8. The number of H-pyrrole nitrogens is 1. The molecule has 1 atom stereocenters. The van der Waals surface area contributed by atoms with Gasteiger partial charge in [-0.2, -0.15) is 0 Å². The van der Waals surface area contributed by atoms with E-state index in [1.54, 1.807) is 0 Å². The minimum atomic E-state index is -0.0974. The van der Waals surface area contributed by atoms with Gasteiger partial charge in [-0.1, -0.05) is 46.3 Å². The molecular weight excluding hydrogens is 472 g/mol. The maximum Gasteiger partial charge on any atom is 0.326 e. The third-order valence-electron chi connectivity index (χ3n) is 5.88. The molecule has 32 heavy (non-hydrogen) atoms. The molecule has 0 radical (unpaired) electrons. The molecule has 2 aromatic carbocycles. The number of fused-ring (bicyclic) bond motifs is 1. The molecule has 3 aromatic rings. The fourth-order valence-corrected chi connectivity index (χ4v) is 4.77. The highest BCUT2D eigenvalue weighted by Gasteiger charge is 2.24. The van der Waals surface area contributed by atoms with Crippen LogP contribution in [-0.4, -0.2) is 52.6 Å². The topological polar surface area (TPSA) is 79.4 Å². The standard InChI is InChI=1S/C24H29BrN4O3/c1-17(26-23(30)16-32-15-18-5-3-2-4-6-18)14-28-11-9-20(10-12-28)29-22-8-7-19(25)13-21(22)27-24(29)31/h2-8,13,17,20H,9-12,14-16H2,1H3,(H,26,30)(H,27,31)/t17-/m0/s1. The number of amides is 1. The number of hydrogen-bond donors (Lipinski definition) is 2. The first kappa shape index (κ1) is 22.8. The summed E-state index contributed by atoms with van der Waals surface area (Å²) in [4.78, 5) is 30.0. The summed E-state index contributed by atoms with van der Waals surface area (Å²) in [5.41, 5.74) is 2.82. The predicted octanol–water partition coefficient (Wildman–Crippen LogP) is 3.45. The summed E-state index contributed by atoms with van der Waals surface area (Å²) in [6, 6.07) is 15.9. The van der Waals surface area contributed by atoms with Crippen molar-refractivity contribution in [1.29, 1.82) is 0 Å². The number of imidazole rings is 1. The van der Waals surface area contributed by atoms with Gasteiger partial charge >= 0.3 is 5.69 Å². The van der Waals surface area contributed by atoms with E-state index in [0.717, 1.165) is 53.5 Å². The summed E-state index contributed by atoms with van der Waals surface area (Å²) in [5.74, 6) is -0.0974. The normalized spacial score (nSPS) is 16.3. The second kappa shape index (κ2) is 10.5. The van der Waals surface area contributed by atoms with Gasteiger partial charge in [-0.25, -0.2) is 4.79 Å². The first-order valence-electron chi connectivity index (χ1n) is 11.0. The number of likely N-dealkylation sites (tertiary alicyclic amines) is 1. The van der Waals surface area contributed by atoms with Gasteiger partial charge in [0.15, 0.2) is 0 Å². The number of nitrogens with zero attached hydrogens (tertiary/aromatic N) is 2. The summed E-state index contributed by atoms with van der Waals surface area (Å²) < 4.78 is 8.37. The molecule has 0 bridgehead atoms. The van der Waals surface area contributed by atoms with Crippen LogP contribution in [0.1, 0.15) is 31.4 Å². The van der Waals surface area contributed by atoms with Crippen LogP contribution in [0.15, 0.2) is 57.8 Å². The lowest BCUT2D eigenvalue weighted by atomic mass is 10.0. The third kappa shape index (κ3) is 5.68. The number of ether oxygens (including phenoxy) is 1. The van der Waals surface area contributed by atoms with Gasteiger partial charge in [-0.3, -0.25) is 9.36 Å². The van der Waals surface area contributed by atoms with Gasteiger partial charge in [-0.05, 0) is 43.5 Å². The molecule has 1 saturated heterocycles. The zero-order chi connectivity index (χ0) is 22.5. The number of halogens is 1. The molecule has 1 aliphatic heterocycles. The summed E-state index contributed by atoms with van der Waals surface area (Å²) in [7, 11) is 0. The summed E-state index contributed by atoms with van der Waals surface area (Å²) in [6.07, 6.45) is 1.81. The van der Waals surface area contributed by atoms with E-state index < -0.39 is 0 Å². The van der Waals surface area contributed by atoms with Crippen LogP contribution >= 0.6 is 15.9 Å². The van der Waals surface area contributed by atoms with E-state index in [-0.39, 0.29) is 30.3 Å². The highest BCUT2D eigenvalue weighted by atomic mass is 79.9. The SMILES string of the molecule is C[C@@H](CN1CCC(n2c(=O)[nH]c3cc(Br)ccc32)CC1)NC(=O)COCc1ccccc1. The zero-order valence-electron chi connectivity index (χ0n) is 18.2. The Balaban J connectivity index is 1.22. The molecule has 170 valence electrons. The van der Waals surface area contributed by atoms with Crippen LogP contribution in [-0.2, 0) is 16.1 Å². The maximum atomic E-state index is 12.5. The van der Waals surface area contributed by atoms with E-state index in [1.165, 1.54) is 0 Å². The van der Waals surface area contributed by atoms with Crippen molar-refractivity contribution in [3.63, 3.8) is 0 Å². The van der Waals surface area contributed by atoms with E-state index in [2.05, 4.69) is 31.1 Å². The monoisotopic (exact) mass is 500 g/mol. The predicted molar refractivity (Wildman–Crippen MR) is 129 cm³/mol. The number of hydrogen-bond acceptors (Lipinski definition) is 4. The molecule has 1 aromatic heterocycles. The van der Waals surface area contributed by atoms with Crippen molar-refractivity contribution in [3.8, 4) is 0 Å². The molecule has 1 amide bonds. The third-order valence-corrected chi connectivity index (χ3v) is 6.38. The number of benzene rings is 2. The number of rotatable bonds is 8. The van der Waals surface area contributed by atoms with E-state index in [4.69, 9.17) is 4.74 Å². The molecule has 1 aliphatic rings. The van der Waals surface area contributed by atoms with Crippen LogP contribution in [0.25, 0.3) is 11.0 Å². The smallest absolute Gasteiger partial charge is 0.326 e. The van der Waals surface area contributed by atoms with Gasteiger partial charge in [-0.15, -0.1) is 0 Å². The van der Waals surface area contributed by atoms with Crippen molar-refractivity contribution in [3.05, 3.63) is 69.1 Å². The second-order valence-electron chi connectivity index (χ2n) is 8.44. The van der Waals surface area contributed by atoms with Crippen molar-refractivity contribution in [1.82, 2.24) is 19.8 Å². The van der Waals surface area contributed by atoms with E-state index >= 15 is 0 Å². The largest absolute Gasteiger partial charge is 0.367 e. The summed E-state index contributed by atoms with van der Waals surface area (Å²) in [6.45, 7) is 5.08. The Morgan fingerprint density at radius 1 is 1.22 bits per heavy atom.